The zero-order chi connectivity index (χ0) is 18.8. The minimum Gasteiger partial charge on any atom is -0.487 e. The van der Waals surface area contributed by atoms with E-state index < -0.39 is 8.32 Å². The van der Waals surface area contributed by atoms with Crippen molar-refractivity contribution in [1.82, 2.24) is 10.2 Å². The Kier molecular flexibility index (Phi) is 5.21. The number of hydrogen-bond donors (Lipinski definition) is 1. The summed E-state index contributed by atoms with van der Waals surface area (Å²) < 4.78 is 12.3. The number of benzene rings is 2. The first-order valence-electron chi connectivity index (χ1n) is 9.04. The molecular weight excluding hydrogens is 340 g/mol. The molecule has 0 atom stereocenters. The second kappa shape index (κ2) is 7.25. The molecule has 0 saturated carbocycles. The van der Waals surface area contributed by atoms with Crippen LogP contribution in [-0.4, -0.2) is 18.5 Å². The summed E-state index contributed by atoms with van der Waals surface area (Å²) in [5.41, 5.74) is 3.01. The highest BCUT2D eigenvalue weighted by atomic mass is 28.4. The van der Waals surface area contributed by atoms with Crippen LogP contribution in [0, 0.1) is 0 Å². The van der Waals surface area contributed by atoms with Gasteiger partial charge in [0, 0.05) is 5.39 Å². The Morgan fingerprint density at radius 3 is 2.38 bits per heavy atom. The Morgan fingerprint density at radius 2 is 1.69 bits per heavy atom. The van der Waals surface area contributed by atoms with E-state index in [1.54, 1.807) is 0 Å². The van der Waals surface area contributed by atoms with Crippen LogP contribution >= 0.6 is 0 Å². The molecule has 1 heterocycles. The van der Waals surface area contributed by atoms with E-state index in [-0.39, 0.29) is 5.04 Å². The van der Waals surface area contributed by atoms with Crippen molar-refractivity contribution in [3.8, 4) is 5.75 Å². The maximum Gasteiger partial charge on any atom is 0.192 e. The van der Waals surface area contributed by atoms with Crippen molar-refractivity contribution in [3.05, 3.63) is 59.8 Å². The smallest absolute Gasteiger partial charge is 0.192 e. The highest BCUT2D eigenvalue weighted by molar-refractivity contribution is 6.74. The molecule has 0 amide bonds. The van der Waals surface area contributed by atoms with Crippen LogP contribution in [0.2, 0.25) is 18.1 Å². The summed E-state index contributed by atoms with van der Waals surface area (Å²) in [6.45, 7) is 12.4. The third-order valence-electron chi connectivity index (χ3n) is 5.25. The van der Waals surface area contributed by atoms with Crippen molar-refractivity contribution in [1.29, 1.82) is 0 Å². The number of aromatic nitrogens is 2. The molecular formula is C21H28N2O2Si. The van der Waals surface area contributed by atoms with Gasteiger partial charge in [-0.05, 0) is 29.8 Å². The number of nitrogens with zero attached hydrogens (tertiary/aromatic N) is 1. The molecule has 0 spiro atoms. The Labute approximate surface area is 156 Å². The molecule has 0 aliphatic rings. The van der Waals surface area contributed by atoms with Crippen LogP contribution in [0.4, 0.5) is 0 Å². The van der Waals surface area contributed by atoms with E-state index in [4.69, 9.17) is 9.16 Å². The van der Waals surface area contributed by atoms with E-state index in [0.717, 1.165) is 27.9 Å². The Morgan fingerprint density at radius 1 is 0.962 bits per heavy atom. The Balaban J connectivity index is 1.76. The van der Waals surface area contributed by atoms with E-state index in [9.17, 15) is 0 Å². The first-order valence-corrected chi connectivity index (χ1v) is 12.0. The largest absolute Gasteiger partial charge is 0.487 e. The lowest BCUT2D eigenvalue weighted by Gasteiger charge is -2.36. The molecule has 0 radical (unpaired) electrons. The summed E-state index contributed by atoms with van der Waals surface area (Å²) in [6, 6.07) is 16.2. The second-order valence-corrected chi connectivity index (χ2v) is 13.0. The van der Waals surface area contributed by atoms with Crippen molar-refractivity contribution < 1.29 is 9.16 Å². The van der Waals surface area contributed by atoms with Gasteiger partial charge in [-0.1, -0.05) is 63.2 Å². The molecule has 26 heavy (non-hydrogen) atoms. The standard InChI is InChI=1S/C21H28N2O2Si/c1-21(2,3)26(4,5)25-15-18-17-12-9-13-19(20(17)23-22-18)24-14-16-10-7-6-8-11-16/h6-13H,14-15H2,1-5H3,(H,22,23). The average Bonchev–Trinajstić information content (AvgIpc) is 3.02. The van der Waals surface area contributed by atoms with E-state index >= 15 is 0 Å². The fourth-order valence-electron chi connectivity index (χ4n) is 2.50. The van der Waals surface area contributed by atoms with Crippen LogP contribution < -0.4 is 4.74 Å². The van der Waals surface area contributed by atoms with Crippen LogP contribution in [0.3, 0.4) is 0 Å². The Hall–Kier alpha value is -2.11. The molecule has 2 aromatic carbocycles. The minimum atomic E-state index is -1.80. The van der Waals surface area contributed by atoms with Crippen molar-refractivity contribution in [2.24, 2.45) is 0 Å². The van der Waals surface area contributed by atoms with Gasteiger partial charge < -0.3 is 9.16 Å². The molecule has 0 bridgehead atoms. The highest BCUT2D eigenvalue weighted by Crippen LogP contribution is 2.37. The number of ether oxygens (including phenoxy) is 1. The lowest BCUT2D eigenvalue weighted by molar-refractivity contribution is 0.273. The molecule has 5 heteroatoms. The van der Waals surface area contributed by atoms with Gasteiger partial charge in [0.15, 0.2) is 8.32 Å². The molecule has 0 aliphatic carbocycles. The van der Waals surface area contributed by atoms with Gasteiger partial charge in [-0.3, -0.25) is 5.10 Å². The summed E-state index contributed by atoms with van der Waals surface area (Å²) in [5.74, 6) is 0.793. The fourth-order valence-corrected chi connectivity index (χ4v) is 3.43. The van der Waals surface area contributed by atoms with Gasteiger partial charge >= 0.3 is 0 Å². The number of rotatable bonds is 6. The van der Waals surface area contributed by atoms with Crippen LogP contribution in [0.25, 0.3) is 10.9 Å². The lowest BCUT2D eigenvalue weighted by Crippen LogP contribution is -2.40. The van der Waals surface area contributed by atoms with Crippen LogP contribution in [-0.2, 0) is 17.6 Å². The van der Waals surface area contributed by atoms with Crippen molar-refractivity contribution in [3.63, 3.8) is 0 Å². The Bertz CT molecular complexity index is 867. The van der Waals surface area contributed by atoms with Crippen molar-refractivity contribution >= 4 is 19.2 Å². The number of aromatic amines is 1. The maximum absolute atomic E-state index is 6.34. The summed E-state index contributed by atoms with van der Waals surface area (Å²) in [7, 11) is -1.80. The molecule has 0 fully saturated rings. The van der Waals surface area contributed by atoms with E-state index in [1.165, 1.54) is 0 Å². The van der Waals surface area contributed by atoms with Crippen molar-refractivity contribution in [2.45, 2.75) is 52.1 Å². The molecule has 0 unspecified atom stereocenters. The topological polar surface area (TPSA) is 47.1 Å². The first kappa shape index (κ1) is 18.7. The SMILES string of the molecule is CC(C)(C)[Si](C)(C)OCc1[nH]nc2c(OCc3ccccc3)cccc12. The predicted molar refractivity (Wildman–Crippen MR) is 109 cm³/mol. The average molecular weight is 369 g/mol. The quantitative estimate of drug-likeness (QED) is 0.571. The van der Waals surface area contributed by atoms with Gasteiger partial charge in [0.1, 0.15) is 17.9 Å². The zero-order valence-electron chi connectivity index (χ0n) is 16.3. The van der Waals surface area contributed by atoms with E-state index in [2.05, 4.69) is 62.3 Å². The summed E-state index contributed by atoms with van der Waals surface area (Å²) in [6.07, 6.45) is 0. The predicted octanol–water partition coefficient (Wildman–Crippen LogP) is 5.66. The molecule has 138 valence electrons. The van der Waals surface area contributed by atoms with Crippen LogP contribution in [0.5, 0.6) is 5.75 Å². The molecule has 4 nitrogen and oxygen atoms in total. The first-order chi connectivity index (χ1) is 12.3. The lowest BCUT2D eigenvalue weighted by atomic mass is 10.2. The molecule has 1 aromatic heterocycles. The maximum atomic E-state index is 6.34. The van der Waals surface area contributed by atoms with E-state index in [0.29, 0.717) is 13.2 Å². The molecule has 3 rings (SSSR count). The number of fused-ring (bicyclic) bond motifs is 1. The molecule has 0 saturated heterocycles. The van der Waals surface area contributed by atoms with Gasteiger partial charge in [0.2, 0.25) is 0 Å². The third kappa shape index (κ3) is 4.00. The molecule has 0 aliphatic heterocycles. The van der Waals surface area contributed by atoms with Gasteiger partial charge in [0.25, 0.3) is 0 Å². The van der Waals surface area contributed by atoms with Gasteiger partial charge in [-0.15, -0.1) is 0 Å². The van der Waals surface area contributed by atoms with E-state index in [1.807, 2.05) is 30.3 Å². The zero-order valence-corrected chi connectivity index (χ0v) is 17.3. The van der Waals surface area contributed by atoms with Crippen LogP contribution in [0.1, 0.15) is 32.0 Å². The molecule has 3 aromatic rings. The number of para-hydroxylation sites is 1. The number of H-pyrrole nitrogens is 1. The fraction of sp³-hybridized carbons (Fsp3) is 0.381. The monoisotopic (exact) mass is 368 g/mol. The van der Waals surface area contributed by atoms with Gasteiger partial charge in [0.05, 0.1) is 12.3 Å². The summed E-state index contributed by atoms with van der Waals surface area (Å²) in [5, 5.41) is 8.87. The summed E-state index contributed by atoms with van der Waals surface area (Å²) >= 11 is 0. The third-order valence-corrected chi connectivity index (χ3v) is 9.73. The van der Waals surface area contributed by atoms with Gasteiger partial charge in [-0.25, -0.2) is 0 Å². The normalized spacial score (nSPS) is 12.5. The van der Waals surface area contributed by atoms with Crippen molar-refractivity contribution in [2.75, 3.05) is 0 Å². The highest BCUT2D eigenvalue weighted by Gasteiger charge is 2.37. The van der Waals surface area contributed by atoms with Gasteiger partial charge in [-0.2, -0.15) is 5.10 Å². The second-order valence-electron chi connectivity index (χ2n) is 8.18. The molecule has 1 N–H and O–H groups in total. The minimum absolute atomic E-state index is 0.187. The summed E-state index contributed by atoms with van der Waals surface area (Å²) in [4.78, 5) is 0. The van der Waals surface area contributed by atoms with Crippen LogP contribution in [0.15, 0.2) is 48.5 Å². The number of nitrogens with one attached hydrogen (secondary N) is 1. The number of hydrogen-bond acceptors (Lipinski definition) is 3.